The number of fused-ring (bicyclic) bond motifs is 1. The molecule has 6 heteroatoms. The van der Waals surface area contributed by atoms with E-state index >= 15 is 0 Å². The second-order valence-corrected chi connectivity index (χ2v) is 8.96. The summed E-state index contributed by atoms with van der Waals surface area (Å²) in [4.78, 5) is 25.5. The Morgan fingerprint density at radius 3 is 2.50 bits per heavy atom. The number of amides is 1. The summed E-state index contributed by atoms with van der Waals surface area (Å²) in [5, 5.41) is 11.5. The minimum absolute atomic E-state index is 0. The van der Waals surface area contributed by atoms with Gasteiger partial charge in [0.1, 0.15) is 5.78 Å². The minimum atomic E-state index is -0.435. The monoisotopic (exact) mass is 461 g/mol. The predicted molar refractivity (Wildman–Crippen MR) is 132 cm³/mol. The lowest BCUT2D eigenvalue weighted by atomic mass is 9.87. The third kappa shape index (κ3) is 4.17. The van der Waals surface area contributed by atoms with Gasteiger partial charge in [-0.15, -0.1) is 0 Å². The lowest BCUT2D eigenvalue weighted by Gasteiger charge is -2.16. The largest absolute Gasteiger partial charge is 0.454 e. The van der Waals surface area contributed by atoms with Crippen LogP contribution in [0.15, 0.2) is 60.7 Å². The van der Waals surface area contributed by atoms with Gasteiger partial charge in [0, 0.05) is 21.4 Å². The summed E-state index contributed by atoms with van der Waals surface area (Å²) in [6, 6.07) is 19.3. The van der Waals surface area contributed by atoms with Crippen molar-refractivity contribution < 1.29 is 27.0 Å². The van der Waals surface area contributed by atoms with E-state index in [9.17, 15) is 9.59 Å². The van der Waals surface area contributed by atoms with E-state index in [0.717, 1.165) is 46.4 Å². The van der Waals surface area contributed by atoms with E-state index in [2.05, 4.69) is 11.4 Å². The van der Waals surface area contributed by atoms with Crippen LogP contribution in [-0.4, -0.2) is 36.7 Å². The first-order valence-corrected chi connectivity index (χ1v) is 11.5. The van der Waals surface area contributed by atoms with Crippen molar-refractivity contribution in [3.05, 3.63) is 82.9 Å². The van der Waals surface area contributed by atoms with Crippen LogP contribution < -0.4 is 14.8 Å². The number of rotatable bonds is 8. The van der Waals surface area contributed by atoms with Crippen LogP contribution in [0.1, 0.15) is 42.7 Å². The van der Waals surface area contributed by atoms with Crippen LogP contribution in [-0.2, 0) is 16.6 Å². The predicted octanol–water partition coefficient (Wildman–Crippen LogP) is 4.45. The number of aliphatic hydroxyl groups is 1. The fourth-order valence-corrected chi connectivity index (χ4v) is 4.57. The average Bonchev–Trinajstić information content (AvgIpc) is 3.54. The van der Waals surface area contributed by atoms with Crippen LogP contribution in [0.25, 0.3) is 11.1 Å². The van der Waals surface area contributed by atoms with Crippen molar-refractivity contribution >= 4 is 11.7 Å². The molecular weight excluding hydrogens is 430 g/mol. The molecule has 2 N–H and O–H groups in total. The number of aliphatic hydroxyl groups excluding tert-OH is 1. The van der Waals surface area contributed by atoms with Gasteiger partial charge in [0.2, 0.25) is 6.79 Å². The molecule has 5 rings (SSSR count). The maximum absolute atomic E-state index is 13.4. The van der Waals surface area contributed by atoms with Gasteiger partial charge >= 0.3 is 0 Å². The highest BCUT2D eigenvalue weighted by molar-refractivity contribution is 5.95. The number of Topliss-reactive ketones (excluding diaryl/α,β-unsaturated/α-hetero) is 1. The van der Waals surface area contributed by atoms with Gasteiger partial charge in [0.25, 0.3) is 5.91 Å². The number of benzene rings is 3. The summed E-state index contributed by atoms with van der Waals surface area (Å²) < 4.78 is 10.9. The molecule has 6 nitrogen and oxygen atoms in total. The highest BCUT2D eigenvalue weighted by Gasteiger charge is 2.50. The van der Waals surface area contributed by atoms with Gasteiger partial charge in [-0.25, -0.2) is 0 Å². The first-order valence-electron chi connectivity index (χ1n) is 11.5. The number of ether oxygens (including phenoxy) is 2. The zero-order valence-corrected chi connectivity index (χ0v) is 19.1. The number of carbonyl (C=O) groups excluding carboxylic acids is 2. The summed E-state index contributed by atoms with van der Waals surface area (Å²) >= 11 is 0. The number of aryl methyl sites for hydroxylation is 1. The first-order chi connectivity index (χ1) is 16.5. The van der Waals surface area contributed by atoms with Crippen molar-refractivity contribution in [3.8, 4) is 22.6 Å². The molecule has 1 fully saturated rings. The Morgan fingerprint density at radius 2 is 1.76 bits per heavy atom. The number of carbonyl (C=O) groups is 2. The SMILES string of the molecule is Cc1ccc(CC(=O)C2(c3ccc4c(c3)OCO4)CC2)cc1-c1ccc(C(=O)NCCO)cc1.[HH].[HH]. The van der Waals surface area contributed by atoms with Crippen molar-refractivity contribution in [2.45, 2.75) is 31.6 Å². The Labute approximate surface area is 201 Å². The maximum atomic E-state index is 13.4. The molecule has 0 radical (unpaired) electrons. The molecule has 0 unspecified atom stereocenters. The number of hydrogen-bond donors (Lipinski definition) is 2. The summed E-state index contributed by atoms with van der Waals surface area (Å²) in [5.41, 5.74) is 5.22. The fourth-order valence-electron chi connectivity index (χ4n) is 4.57. The van der Waals surface area contributed by atoms with Gasteiger partial charge in [-0.3, -0.25) is 9.59 Å². The van der Waals surface area contributed by atoms with Gasteiger partial charge in [-0.1, -0.05) is 36.4 Å². The summed E-state index contributed by atoms with van der Waals surface area (Å²) in [6.07, 6.45) is 2.07. The van der Waals surface area contributed by atoms with Gasteiger partial charge in [-0.05, 0) is 71.8 Å². The molecule has 0 spiro atoms. The van der Waals surface area contributed by atoms with E-state index in [0.29, 0.717) is 17.7 Å². The molecule has 178 valence electrons. The highest BCUT2D eigenvalue weighted by Crippen LogP contribution is 2.51. The minimum Gasteiger partial charge on any atom is -0.454 e. The summed E-state index contributed by atoms with van der Waals surface area (Å²) in [5.74, 6) is 1.45. The van der Waals surface area contributed by atoms with Crippen molar-refractivity contribution in [1.82, 2.24) is 5.32 Å². The van der Waals surface area contributed by atoms with Crippen LogP contribution in [0.2, 0.25) is 0 Å². The average molecular weight is 462 g/mol. The van der Waals surface area contributed by atoms with Crippen LogP contribution in [0.3, 0.4) is 0 Å². The third-order valence-corrected chi connectivity index (χ3v) is 6.73. The molecule has 0 atom stereocenters. The molecule has 2 aliphatic rings. The van der Waals surface area contributed by atoms with Gasteiger partial charge in [0.05, 0.1) is 12.0 Å². The van der Waals surface area contributed by atoms with Crippen LogP contribution in [0, 0.1) is 6.92 Å². The molecular formula is C28H31NO5. The second-order valence-electron chi connectivity index (χ2n) is 8.96. The van der Waals surface area contributed by atoms with Crippen LogP contribution >= 0.6 is 0 Å². The standard InChI is InChI=1S/C28H27NO5.2H2/c1-18-2-3-19(14-23(18)20-4-6-21(7-5-20)27(32)29-12-13-30)15-26(31)28(10-11-28)22-8-9-24-25(16-22)34-17-33-24;;/h2-9,14,16,30H,10-13,15,17H2,1H3,(H,29,32);2*1H. The van der Waals surface area contributed by atoms with Crippen LogP contribution in [0.4, 0.5) is 0 Å². The third-order valence-electron chi connectivity index (χ3n) is 6.73. The highest BCUT2D eigenvalue weighted by atomic mass is 16.7. The number of nitrogens with one attached hydrogen (secondary N) is 1. The first kappa shape index (κ1) is 22.2. The lowest BCUT2D eigenvalue weighted by Crippen LogP contribution is -2.26. The smallest absolute Gasteiger partial charge is 0.251 e. The van der Waals surface area contributed by atoms with Gasteiger partial charge in [0.15, 0.2) is 11.5 Å². The zero-order valence-electron chi connectivity index (χ0n) is 19.1. The van der Waals surface area contributed by atoms with E-state index in [1.165, 1.54) is 0 Å². The van der Waals surface area contributed by atoms with Gasteiger partial charge < -0.3 is 19.9 Å². The molecule has 3 aromatic rings. The molecule has 1 aliphatic heterocycles. The Morgan fingerprint density at radius 1 is 1.00 bits per heavy atom. The maximum Gasteiger partial charge on any atom is 0.251 e. The second kappa shape index (κ2) is 8.95. The number of hydrogen-bond acceptors (Lipinski definition) is 5. The molecule has 0 saturated heterocycles. The Bertz CT molecular complexity index is 1260. The van der Waals surface area contributed by atoms with E-state index in [1.54, 1.807) is 12.1 Å². The number of ketones is 1. The van der Waals surface area contributed by atoms with E-state index in [1.807, 2.05) is 49.4 Å². The Balaban J connectivity index is 0.00000180. The lowest BCUT2D eigenvalue weighted by molar-refractivity contribution is -0.120. The fraction of sp³-hybridized carbons (Fsp3) is 0.286. The van der Waals surface area contributed by atoms with Crippen LogP contribution in [0.5, 0.6) is 11.5 Å². The van der Waals surface area contributed by atoms with E-state index in [-0.39, 0.29) is 34.5 Å². The topological polar surface area (TPSA) is 84.9 Å². The molecule has 1 saturated carbocycles. The van der Waals surface area contributed by atoms with Gasteiger partial charge in [-0.2, -0.15) is 0 Å². The molecule has 1 heterocycles. The quantitative estimate of drug-likeness (QED) is 0.518. The zero-order chi connectivity index (χ0) is 23.7. The van der Waals surface area contributed by atoms with Crippen molar-refractivity contribution in [3.63, 3.8) is 0 Å². The molecule has 0 aromatic heterocycles. The van der Waals surface area contributed by atoms with Crippen molar-refractivity contribution in [2.24, 2.45) is 0 Å². The normalized spacial score (nSPS) is 15.1. The summed E-state index contributed by atoms with van der Waals surface area (Å²) in [6.45, 7) is 2.39. The molecule has 0 bridgehead atoms. The molecule has 1 aliphatic carbocycles. The summed E-state index contributed by atoms with van der Waals surface area (Å²) in [7, 11) is 0. The Hall–Kier alpha value is -3.64. The molecule has 34 heavy (non-hydrogen) atoms. The molecule has 3 aromatic carbocycles. The van der Waals surface area contributed by atoms with Crippen molar-refractivity contribution in [1.29, 1.82) is 0 Å². The van der Waals surface area contributed by atoms with Crippen molar-refractivity contribution in [2.75, 3.05) is 19.9 Å². The van der Waals surface area contributed by atoms with E-state index < -0.39 is 5.41 Å². The van der Waals surface area contributed by atoms with E-state index in [4.69, 9.17) is 14.6 Å². The molecule has 1 amide bonds. The Kier molecular flexibility index (Phi) is 5.84.